The Labute approximate surface area is 123 Å². The Morgan fingerprint density at radius 1 is 1.14 bits per heavy atom. The molecule has 0 spiro atoms. The van der Waals surface area contributed by atoms with Gasteiger partial charge in [-0.15, -0.1) is 0 Å². The minimum Gasteiger partial charge on any atom is -0.394 e. The van der Waals surface area contributed by atoms with E-state index in [9.17, 15) is 14.7 Å². The lowest BCUT2D eigenvalue weighted by atomic mass is 10.1. The Hall–Kier alpha value is -1.88. The molecular weight excluding hydrogens is 268 g/mol. The second kappa shape index (κ2) is 5.85. The van der Waals surface area contributed by atoms with Gasteiger partial charge in [-0.25, -0.2) is 0 Å². The molecule has 112 valence electrons. The highest BCUT2D eigenvalue weighted by Crippen LogP contribution is 2.21. The van der Waals surface area contributed by atoms with E-state index in [-0.39, 0.29) is 24.5 Å². The van der Waals surface area contributed by atoms with Gasteiger partial charge in [-0.3, -0.25) is 9.59 Å². The SMILES string of the molecule is O=C(NC1CC1)c1ccc(C(=O)N2CCC[C@H]2CO)cc1. The monoisotopic (exact) mass is 288 g/mol. The van der Waals surface area contributed by atoms with Gasteiger partial charge in [0.05, 0.1) is 12.6 Å². The molecule has 1 aromatic carbocycles. The summed E-state index contributed by atoms with van der Waals surface area (Å²) in [6.45, 7) is 0.696. The number of likely N-dealkylation sites (tertiary alicyclic amines) is 1. The van der Waals surface area contributed by atoms with E-state index in [0.717, 1.165) is 25.7 Å². The standard InChI is InChI=1S/C16H20N2O3/c19-10-14-2-1-9-18(14)16(21)12-5-3-11(4-6-12)15(20)17-13-7-8-13/h3-6,13-14,19H,1-2,7-10H2,(H,17,20)/t14-/m0/s1. The van der Waals surface area contributed by atoms with Gasteiger partial charge in [-0.05, 0) is 49.9 Å². The number of carbonyl (C=O) groups is 2. The smallest absolute Gasteiger partial charge is 0.254 e. The van der Waals surface area contributed by atoms with Gasteiger partial charge in [0.1, 0.15) is 0 Å². The Morgan fingerprint density at radius 3 is 2.43 bits per heavy atom. The molecule has 21 heavy (non-hydrogen) atoms. The summed E-state index contributed by atoms with van der Waals surface area (Å²) in [5.41, 5.74) is 1.15. The fourth-order valence-electron chi connectivity index (χ4n) is 2.72. The van der Waals surface area contributed by atoms with Crippen molar-refractivity contribution in [3.63, 3.8) is 0 Å². The minimum absolute atomic E-state index is 0.00756. The van der Waals surface area contributed by atoms with Crippen LogP contribution >= 0.6 is 0 Å². The fourth-order valence-corrected chi connectivity index (χ4v) is 2.72. The van der Waals surface area contributed by atoms with Crippen LogP contribution in [0.5, 0.6) is 0 Å². The van der Waals surface area contributed by atoms with Crippen molar-refractivity contribution in [2.45, 2.75) is 37.8 Å². The summed E-state index contributed by atoms with van der Waals surface area (Å²) >= 11 is 0. The second-order valence-corrected chi connectivity index (χ2v) is 5.80. The number of rotatable bonds is 4. The molecule has 1 aliphatic heterocycles. The summed E-state index contributed by atoms with van der Waals surface area (Å²) in [7, 11) is 0. The topological polar surface area (TPSA) is 69.6 Å². The van der Waals surface area contributed by atoms with Crippen molar-refractivity contribution < 1.29 is 14.7 Å². The van der Waals surface area contributed by atoms with E-state index >= 15 is 0 Å². The predicted molar refractivity (Wildman–Crippen MR) is 78.1 cm³/mol. The van der Waals surface area contributed by atoms with E-state index in [0.29, 0.717) is 23.7 Å². The third kappa shape index (κ3) is 3.08. The van der Waals surface area contributed by atoms with Crippen LogP contribution in [0.3, 0.4) is 0 Å². The van der Waals surface area contributed by atoms with Crippen LogP contribution in [0.1, 0.15) is 46.4 Å². The molecule has 1 heterocycles. The van der Waals surface area contributed by atoms with Crippen LogP contribution in [0.2, 0.25) is 0 Å². The van der Waals surface area contributed by atoms with Crippen LogP contribution in [0.15, 0.2) is 24.3 Å². The average Bonchev–Trinajstić information content (AvgIpc) is 3.19. The van der Waals surface area contributed by atoms with E-state index in [1.807, 2.05) is 0 Å². The molecular formula is C16H20N2O3. The molecule has 1 atom stereocenters. The lowest BCUT2D eigenvalue weighted by Crippen LogP contribution is -2.37. The van der Waals surface area contributed by atoms with Crippen molar-refractivity contribution in [2.24, 2.45) is 0 Å². The maximum Gasteiger partial charge on any atom is 0.254 e. The average molecular weight is 288 g/mol. The molecule has 1 aromatic rings. The summed E-state index contributed by atoms with van der Waals surface area (Å²) in [5.74, 6) is -0.147. The highest BCUT2D eigenvalue weighted by molar-refractivity contribution is 5.98. The van der Waals surface area contributed by atoms with Crippen LogP contribution in [-0.2, 0) is 0 Å². The first-order valence-electron chi connectivity index (χ1n) is 7.52. The fraction of sp³-hybridized carbons (Fsp3) is 0.500. The number of hydrogen-bond donors (Lipinski definition) is 2. The number of benzene rings is 1. The molecule has 2 N–H and O–H groups in total. The van der Waals surface area contributed by atoms with E-state index < -0.39 is 0 Å². The van der Waals surface area contributed by atoms with E-state index in [4.69, 9.17) is 0 Å². The normalized spacial score (nSPS) is 21.4. The molecule has 0 radical (unpaired) electrons. The molecule has 2 fully saturated rings. The molecule has 2 aliphatic rings. The Bertz CT molecular complexity index is 537. The molecule has 0 bridgehead atoms. The maximum atomic E-state index is 12.4. The molecule has 5 nitrogen and oxygen atoms in total. The highest BCUT2D eigenvalue weighted by atomic mass is 16.3. The zero-order valence-electron chi connectivity index (χ0n) is 11.9. The quantitative estimate of drug-likeness (QED) is 0.874. The lowest BCUT2D eigenvalue weighted by molar-refractivity contribution is 0.0677. The first-order chi connectivity index (χ1) is 10.2. The molecule has 3 rings (SSSR count). The minimum atomic E-state index is -0.0779. The summed E-state index contributed by atoms with van der Waals surface area (Å²) in [4.78, 5) is 26.0. The number of carbonyl (C=O) groups excluding carboxylic acids is 2. The van der Waals surface area contributed by atoms with Crippen LogP contribution in [0, 0.1) is 0 Å². The van der Waals surface area contributed by atoms with Crippen molar-refractivity contribution >= 4 is 11.8 Å². The largest absolute Gasteiger partial charge is 0.394 e. The van der Waals surface area contributed by atoms with Crippen LogP contribution in [0.4, 0.5) is 0 Å². The van der Waals surface area contributed by atoms with Crippen molar-refractivity contribution in [1.29, 1.82) is 0 Å². The molecule has 2 amide bonds. The van der Waals surface area contributed by atoms with Gasteiger partial charge in [0, 0.05) is 23.7 Å². The van der Waals surface area contributed by atoms with Crippen molar-refractivity contribution in [2.75, 3.05) is 13.2 Å². The molecule has 0 unspecified atom stereocenters. The van der Waals surface area contributed by atoms with Crippen molar-refractivity contribution in [3.8, 4) is 0 Å². The molecule has 1 aliphatic carbocycles. The van der Waals surface area contributed by atoms with E-state index in [2.05, 4.69) is 5.32 Å². The summed E-state index contributed by atoms with van der Waals surface area (Å²) in [6.07, 6.45) is 3.89. The molecule has 5 heteroatoms. The Morgan fingerprint density at radius 2 is 1.81 bits per heavy atom. The van der Waals surface area contributed by atoms with Gasteiger partial charge in [-0.1, -0.05) is 0 Å². The van der Waals surface area contributed by atoms with E-state index in [1.165, 1.54) is 0 Å². The van der Waals surface area contributed by atoms with Gasteiger partial charge in [0.15, 0.2) is 0 Å². The molecule has 1 saturated carbocycles. The number of nitrogens with zero attached hydrogens (tertiary/aromatic N) is 1. The first kappa shape index (κ1) is 14.1. The Balaban J connectivity index is 1.68. The van der Waals surface area contributed by atoms with Crippen LogP contribution in [0.25, 0.3) is 0 Å². The van der Waals surface area contributed by atoms with Crippen LogP contribution in [-0.4, -0.2) is 47.1 Å². The van der Waals surface area contributed by atoms with Gasteiger partial charge >= 0.3 is 0 Å². The second-order valence-electron chi connectivity index (χ2n) is 5.80. The number of nitrogens with one attached hydrogen (secondary N) is 1. The van der Waals surface area contributed by atoms with E-state index in [1.54, 1.807) is 29.2 Å². The number of amides is 2. The number of aliphatic hydroxyl groups is 1. The number of hydrogen-bond acceptors (Lipinski definition) is 3. The number of aliphatic hydroxyl groups excluding tert-OH is 1. The van der Waals surface area contributed by atoms with Gasteiger partial charge in [-0.2, -0.15) is 0 Å². The van der Waals surface area contributed by atoms with Crippen molar-refractivity contribution in [1.82, 2.24) is 10.2 Å². The molecule has 0 aromatic heterocycles. The third-order valence-electron chi connectivity index (χ3n) is 4.16. The summed E-state index contributed by atoms with van der Waals surface area (Å²) < 4.78 is 0. The highest BCUT2D eigenvalue weighted by Gasteiger charge is 2.29. The van der Waals surface area contributed by atoms with Gasteiger partial charge < -0.3 is 15.3 Å². The van der Waals surface area contributed by atoms with Crippen LogP contribution < -0.4 is 5.32 Å². The van der Waals surface area contributed by atoms with Gasteiger partial charge in [0.2, 0.25) is 0 Å². The zero-order chi connectivity index (χ0) is 14.8. The molecule has 1 saturated heterocycles. The summed E-state index contributed by atoms with van der Waals surface area (Å²) in [5, 5.41) is 12.2. The maximum absolute atomic E-state index is 12.4. The predicted octanol–water partition coefficient (Wildman–Crippen LogP) is 1.18. The first-order valence-corrected chi connectivity index (χ1v) is 7.52. The third-order valence-corrected chi connectivity index (χ3v) is 4.16. The zero-order valence-corrected chi connectivity index (χ0v) is 11.9. The van der Waals surface area contributed by atoms with Crippen molar-refractivity contribution in [3.05, 3.63) is 35.4 Å². The Kier molecular flexibility index (Phi) is 3.92. The lowest BCUT2D eigenvalue weighted by Gasteiger charge is -2.23. The van der Waals surface area contributed by atoms with Gasteiger partial charge in [0.25, 0.3) is 11.8 Å². The summed E-state index contributed by atoms with van der Waals surface area (Å²) in [6, 6.07) is 7.02.